The molecule has 126 valence electrons. The molecule has 2 aromatic rings. The Kier molecular flexibility index (Phi) is 5.59. The molecule has 24 heavy (non-hydrogen) atoms. The fourth-order valence-corrected chi connectivity index (χ4v) is 3.19. The first-order chi connectivity index (χ1) is 11.6. The fourth-order valence-electron chi connectivity index (χ4n) is 2.86. The van der Waals surface area contributed by atoms with E-state index in [1.165, 1.54) is 32.1 Å². The fraction of sp³-hybridized carbons (Fsp3) is 0.333. The van der Waals surface area contributed by atoms with Crippen LogP contribution in [-0.2, 0) is 0 Å². The van der Waals surface area contributed by atoms with Crippen molar-refractivity contribution in [3.05, 3.63) is 52.1 Å². The summed E-state index contributed by atoms with van der Waals surface area (Å²) in [6.07, 6.45) is 7.77. The van der Waals surface area contributed by atoms with Crippen LogP contribution in [0.15, 0.2) is 36.5 Å². The predicted octanol–water partition coefficient (Wildman–Crippen LogP) is 5.39. The molecule has 0 aliphatic heterocycles. The van der Waals surface area contributed by atoms with Gasteiger partial charge in [-0.25, -0.2) is 4.98 Å². The molecule has 0 spiro atoms. The van der Waals surface area contributed by atoms with Gasteiger partial charge in [0.25, 0.3) is 5.91 Å². The third-order valence-corrected chi connectivity index (χ3v) is 4.72. The number of hydrogen-bond donors (Lipinski definition) is 2. The average molecular weight is 364 g/mol. The third kappa shape index (κ3) is 4.40. The van der Waals surface area contributed by atoms with Gasteiger partial charge in [0.1, 0.15) is 5.82 Å². The number of nitrogens with one attached hydrogen (secondary N) is 2. The van der Waals surface area contributed by atoms with Gasteiger partial charge in [-0.1, -0.05) is 42.5 Å². The number of pyridine rings is 1. The van der Waals surface area contributed by atoms with Crippen molar-refractivity contribution in [3.63, 3.8) is 0 Å². The van der Waals surface area contributed by atoms with Gasteiger partial charge >= 0.3 is 0 Å². The van der Waals surface area contributed by atoms with Crippen molar-refractivity contribution in [2.75, 3.05) is 10.6 Å². The first-order valence-corrected chi connectivity index (χ1v) is 8.86. The summed E-state index contributed by atoms with van der Waals surface area (Å²) < 4.78 is 0. The Morgan fingerprint density at radius 3 is 2.58 bits per heavy atom. The van der Waals surface area contributed by atoms with Crippen molar-refractivity contribution in [1.82, 2.24) is 4.98 Å². The zero-order valence-electron chi connectivity index (χ0n) is 13.2. The minimum Gasteiger partial charge on any atom is -0.367 e. The van der Waals surface area contributed by atoms with Crippen LogP contribution < -0.4 is 10.6 Å². The smallest absolute Gasteiger partial charge is 0.257 e. The molecule has 0 atom stereocenters. The van der Waals surface area contributed by atoms with Crippen molar-refractivity contribution in [2.45, 2.75) is 38.1 Å². The van der Waals surface area contributed by atoms with Crippen LogP contribution in [0.1, 0.15) is 42.5 Å². The SMILES string of the molecule is O=C(Nc1cc(Cl)ccc1Cl)c1ccc(NC2CCCCC2)nc1. The second-order valence-electron chi connectivity index (χ2n) is 5.99. The van der Waals surface area contributed by atoms with E-state index < -0.39 is 0 Å². The molecule has 1 aromatic heterocycles. The van der Waals surface area contributed by atoms with Gasteiger partial charge < -0.3 is 10.6 Å². The summed E-state index contributed by atoms with van der Waals surface area (Å²) >= 11 is 12.0. The Balaban J connectivity index is 1.64. The summed E-state index contributed by atoms with van der Waals surface area (Å²) in [6.45, 7) is 0. The molecule has 1 aromatic carbocycles. The van der Waals surface area contributed by atoms with Crippen molar-refractivity contribution in [1.29, 1.82) is 0 Å². The monoisotopic (exact) mass is 363 g/mol. The van der Waals surface area contributed by atoms with Gasteiger partial charge in [0.05, 0.1) is 16.3 Å². The van der Waals surface area contributed by atoms with Gasteiger partial charge in [-0.3, -0.25) is 4.79 Å². The summed E-state index contributed by atoms with van der Waals surface area (Å²) in [6, 6.07) is 9.02. The lowest BCUT2D eigenvalue weighted by atomic mass is 9.95. The summed E-state index contributed by atoms with van der Waals surface area (Å²) in [7, 11) is 0. The van der Waals surface area contributed by atoms with E-state index in [2.05, 4.69) is 15.6 Å². The molecule has 1 aliphatic carbocycles. The molecule has 1 saturated carbocycles. The highest BCUT2D eigenvalue weighted by molar-refractivity contribution is 6.35. The lowest BCUT2D eigenvalue weighted by Gasteiger charge is -2.23. The molecule has 1 amide bonds. The van der Waals surface area contributed by atoms with E-state index in [-0.39, 0.29) is 5.91 Å². The number of anilines is 2. The van der Waals surface area contributed by atoms with Crippen LogP contribution in [0.25, 0.3) is 0 Å². The quantitative estimate of drug-likeness (QED) is 0.765. The Morgan fingerprint density at radius 2 is 1.88 bits per heavy atom. The Bertz CT molecular complexity index is 713. The first-order valence-electron chi connectivity index (χ1n) is 8.11. The van der Waals surface area contributed by atoms with Crippen molar-refractivity contribution >= 4 is 40.6 Å². The second-order valence-corrected chi connectivity index (χ2v) is 6.83. The number of carbonyl (C=O) groups is 1. The van der Waals surface area contributed by atoms with Crippen LogP contribution in [0.5, 0.6) is 0 Å². The van der Waals surface area contributed by atoms with E-state index in [1.807, 2.05) is 6.07 Å². The molecule has 6 heteroatoms. The van der Waals surface area contributed by atoms with Gasteiger partial charge in [0.2, 0.25) is 0 Å². The zero-order chi connectivity index (χ0) is 16.9. The van der Waals surface area contributed by atoms with E-state index >= 15 is 0 Å². The number of hydrogen-bond acceptors (Lipinski definition) is 3. The van der Waals surface area contributed by atoms with E-state index in [9.17, 15) is 4.79 Å². The van der Waals surface area contributed by atoms with Crippen LogP contribution in [0.3, 0.4) is 0 Å². The summed E-state index contributed by atoms with van der Waals surface area (Å²) in [4.78, 5) is 16.7. The van der Waals surface area contributed by atoms with E-state index in [4.69, 9.17) is 23.2 Å². The summed E-state index contributed by atoms with van der Waals surface area (Å²) in [5.74, 6) is 0.537. The maximum absolute atomic E-state index is 12.3. The maximum atomic E-state index is 12.3. The van der Waals surface area contributed by atoms with E-state index in [0.717, 1.165) is 5.82 Å². The highest BCUT2D eigenvalue weighted by Crippen LogP contribution is 2.26. The normalized spacial score (nSPS) is 15.1. The van der Waals surface area contributed by atoms with Crippen molar-refractivity contribution < 1.29 is 4.79 Å². The van der Waals surface area contributed by atoms with Gasteiger partial charge in [0.15, 0.2) is 0 Å². The zero-order valence-corrected chi connectivity index (χ0v) is 14.7. The van der Waals surface area contributed by atoms with Gasteiger partial charge in [-0.2, -0.15) is 0 Å². The molecular formula is C18H19Cl2N3O. The molecule has 0 bridgehead atoms. The first kappa shape index (κ1) is 17.1. The van der Waals surface area contributed by atoms with Crippen molar-refractivity contribution in [2.24, 2.45) is 0 Å². The van der Waals surface area contributed by atoms with Crippen LogP contribution in [0, 0.1) is 0 Å². The number of rotatable bonds is 4. The highest BCUT2D eigenvalue weighted by Gasteiger charge is 2.14. The molecule has 1 heterocycles. The number of carbonyl (C=O) groups excluding carboxylic acids is 1. The van der Waals surface area contributed by atoms with Gasteiger partial charge in [-0.05, 0) is 43.2 Å². The van der Waals surface area contributed by atoms with E-state index in [1.54, 1.807) is 30.5 Å². The molecule has 4 nitrogen and oxygen atoms in total. The van der Waals surface area contributed by atoms with Crippen molar-refractivity contribution in [3.8, 4) is 0 Å². The molecule has 2 N–H and O–H groups in total. The molecule has 0 radical (unpaired) electrons. The maximum Gasteiger partial charge on any atom is 0.257 e. The van der Waals surface area contributed by atoms with Crippen LogP contribution in [0.4, 0.5) is 11.5 Å². The lowest BCUT2D eigenvalue weighted by molar-refractivity contribution is 0.102. The Morgan fingerprint density at radius 1 is 1.08 bits per heavy atom. The lowest BCUT2D eigenvalue weighted by Crippen LogP contribution is -2.23. The number of nitrogens with zero attached hydrogens (tertiary/aromatic N) is 1. The standard InChI is InChI=1S/C18H19Cl2N3O/c19-13-7-8-15(20)16(10-13)23-18(24)12-6-9-17(21-11-12)22-14-4-2-1-3-5-14/h6-11,14H,1-5H2,(H,21,22)(H,23,24). The summed E-state index contributed by atoms with van der Waals surface area (Å²) in [5.41, 5.74) is 0.957. The Labute approximate surface area is 151 Å². The molecule has 1 fully saturated rings. The molecule has 1 aliphatic rings. The van der Waals surface area contributed by atoms with Crippen LogP contribution in [0.2, 0.25) is 10.0 Å². The number of aromatic nitrogens is 1. The largest absolute Gasteiger partial charge is 0.367 e. The summed E-state index contributed by atoms with van der Waals surface area (Å²) in [5, 5.41) is 7.14. The van der Waals surface area contributed by atoms with Crippen LogP contribution >= 0.6 is 23.2 Å². The van der Waals surface area contributed by atoms with Gasteiger partial charge in [-0.15, -0.1) is 0 Å². The second kappa shape index (κ2) is 7.86. The van der Waals surface area contributed by atoms with Gasteiger partial charge in [0, 0.05) is 17.3 Å². The highest BCUT2D eigenvalue weighted by atomic mass is 35.5. The topological polar surface area (TPSA) is 54.0 Å². The average Bonchev–Trinajstić information content (AvgIpc) is 2.60. The number of amides is 1. The molecule has 0 saturated heterocycles. The van der Waals surface area contributed by atoms with E-state index in [0.29, 0.717) is 27.3 Å². The number of benzene rings is 1. The minimum absolute atomic E-state index is 0.268. The molecule has 3 rings (SSSR count). The van der Waals surface area contributed by atoms with Crippen LogP contribution in [-0.4, -0.2) is 16.9 Å². The third-order valence-electron chi connectivity index (χ3n) is 4.16. The molecule has 0 unspecified atom stereocenters. The number of halogens is 2. The molecular weight excluding hydrogens is 345 g/mol. The Hall–Kier alpha value is -1.78. The predicted molar refractivity (Wildman–Crippen MR) is 99.1 cm³/mol. The minimum atomic E-state index is -0.268.